The maximum absolute atomic E-state index is 10.5. The van der Waals surface area contributed by atoms with Gasteiger partial charge in [-0.15, -0.1) is 0 Å². The van der Waals surface area contributed by atoms with Crippen LogP contribution in [0.1, 0.15) is 71.6 Å². The Balaban J connectivity index is 1.52. The highest BCUT2D eigenvalue weighted by Gasteiger charge is 2.60. The predicted octanol–water partition coefficient (Wildman–Crippen LogP) is 4.67. The third-order valence-corrected chi connectivity index (χ3v) is 8.98. The molecule has 3 heteroatoms. The van der Waals surface area contributed by atoms with E-state index in [0.717, 1.165) is 30.1 Å². The summed E-state index contributed by atoms with van der Waals surface area (Å²) in [6, 6.07) is 0. The van der Waals surface area contributed by atoms with Crippen molar-refractivity contribution in [1.82, 2.24) is 5.32 Å². The van der Waals surface area contributed by atoms with E-state index in [0.29, 0.717) is 23.7 Å². The van der Waals surface area contributed by atoms with Crippen LogP contribution in [0.15, 0.2) is 12.2 Å². The minimum Gasteiger partial charge on any atom is -0.357 e. The molecular formula is C22H35NO2. The molecular weight excluding hydrogens is 310 g/mol. The molecule has 7 atom stereocenters. The van der Waals surface area contributed by atoms with Crippen LogP contribution in [-0.4, -0.2) is 19.2 Å². The van der Waals surface area contributed by atoms with Gasteiger partial charge in [0.25, 0.3) is 0 Å². The van der Waals surface area contributed by atoms with Gasteiger partial charge in [-0.2, -0.15) is 0 Å². The second kappa shape index (κ2) is 6.40. The second-order valence-corrected chi connectivity index (χ2v) is 9.85. The summed E-state index contributed by atoms with van der Waals surface area (Å²) < 4.78 is 6.09. The van der Waals surface area contributed by atoms with Gasteiger partial charge < -0.3 is 10.1 Å². The van der Waals surface area contributed by atoms with E-state index in [2.05, 4.69) is 25.7 Å². The van der Waals surface area contributed by atoms with Crippen LogP contribution in [-0.2, 0) is 9.53 Å². The number of hydrogen-bond acceptors (Lipinski definition) is 2. The van der Waals surface area contributed by atoms with Gasteiger partial charge in [0.1, 0.15) is 6.73 Å². The summed E-state index contributed by atoms with van der Waals surface area (Å²) in [7, 11) is 0. The van der Waals surface area contributed by atoms with Gasteiger partial charge in [0.2, 0.25) is 6.41 Å². The SMILES string of the molecule is C=C1CCC2(C)C(CCC3C2CCC2(C)C(OCNC=O)CCC32)C1. The van der Waals surface area contributed by atoms with Crippen molar-refractivity contribution in [2.75, 3.05) is 6.73 Å². The van der Waals surface area contributed by atoms with Crippen LogP contribution in [0.3, 0.4) is 0 Å². The molecule has 4 aliphatic rings. The fraction of sp³-hybridized carbons (Fsp3) is 0.864. The van der Waals surface area contributed by atoms with Crippen molar-refractivity contribution in [1.29, 1.82) is 0 Å². The molecule has 25 heavy (non-hydrogen) atoms. The standard InChI is InChI=1S/C22H35NO2/c1-15-8-10-21(2)16(12-15)4-5-17-18-6-7-20(25-14-23-13-24)22(18,3)11-9-19(17)21/h13,16-20H,1,4-12,14H2,2-3H3,(H,23,24). The van der Waals surface area contributed by atoms with Crippen LogP contribution in [0.2, 0.25) is 0 Å². The summed E-state index contributed by atoms with van der Waals surface area (Å²) in [6.45, 7) is 9.76. The Morgan fingerprint density at radius 2 is 1.92 bits per heavy atom. The molecule has 4 fully saturated rings. The Morgan fingerprint density at radius 1 is 1.12 bits per heavy atom. The topological polar surface area (TPSA) is 38.3 Å². The normalized spacial score (nSPS) is 49.0. The molecule has 0 radical (unpaired) electrons. The molecule has 3 nitrogen and oxygen atoms in total. The molecule has 0 aliphatic heterocycles. The highest BCUT2D eigenvalue weighted by atomic mass is 16.5. The van der Waals surface area contributed by atoms with Crippen LogP contribution in [0.5, 0.6) is 0 Å². The predicted molar refractivity (Wildman–Crippen MR) is 99.8 cm³/mol. The van der Waals surface area contributed by atoms with Crippen LogP contribution >= 0.6 is 0 Å². The summed E-state index contributed by atoms with van der Waals surface area (Å²) >= 11 is 0. The number of nitrogens with one attached hydrogen (secondary N) is 1. The number of ether oxygens (including phenoxy) is 1. The molecule has 4 rings (SSSR count). The maximum atomic E-state index is 10.5. The number of rotatable bonds is 4. The van der Waals surface area contributed by atoms with E-state index in [9.17, 15) is 4.79 Å². The molecule has 0 bridgehead atoms. The highest BCUT2D eigenvalue weighted by molar-refractivity contribution is 5.45. The van der Waals surface area contributed by atoms with Crippen LogP contribution in [0.25, 0.3) is 0 Å². The lowest BCUT2D eigenvalue weighted by atomic mass is 9.45. The van der Waals surface area contributed by atoms with E-state index in [1.165, 1.54) is 63.4 Å². The number of hydrogen-bond donors (Lipinski definition) is 1. The lowest BCUT2D eigenvalue weighted by Gasteiger charge is -2.60. The summed E-state index contributed by atoms with van der Waals surface area (Å²) in [6.07, 6.45) is 12.9. The molecule has 0 heterocycles. The zero-order valence-electron chi connectivity index (χ0n) is 16.1. The molecule has 0 aromatic heterocycles. The number of fused-ring (bicyclic) bond motifs is 5. The Labute approximate surface area is 153 Å². The largest absolute Gasteiger partial charge is 0.357 e. The number of carbonyl (C=O) groups is 1. The fourth-order valence-corrected chi connectivity index (χ4v) is 7.56. The minimum atomic E-state index is 0.313. The molecule has 4 saturated carbocycles. The molecule has 0 saturated heterocycles. The molecule has 4 aliphatic carbocycles. The first kappa shape index (κ1) is 17.6. The van der Waals surface area contributed by atoms with Crippen LogP contribution in [0, 0.1) is 34.5 Å². The molecule has 7 unspecified atom stereocenters. The smallest absolute Gasteiger partial charge is 0.208 e. The first-order valence-electron chi connectivity index (χ1n) is 10.4. The van der Waals surface area contributed by atoms with E-state index in [4.69, 9.17) is 4.74 Å². The zero-order chi connectivity index (χ0) is 17.7. The Morgan fingerprint density at radius 3 is 2.72 bits per heavy atom. The number of amides is 1. The van der Waals surface area contributed by atoms with Gasteiger partial charge in [0.15, 0.2) is 0 Å². The van der Waals surface area contributed by atoms with E-state index >= 15 is 0 Å². The van der Waals surface area contributed by atoms with E-state index in [1.54, 1.807) is 0 Å². The minimum absolute atomic E-state index is 0.313. The molecule has 0 spiro atoms. The summed E-state index contributed by atoms with van der Waals surface area (Å²) in [5, 5.41) is 2.68. The highest BCUT2D eigenvalue weighted by Crippen LogP contribution is 2.66. The van der Waals surface area contributed by atoms with Crippen molar-refractivity contribution in [2.45, 2.75) is 77.7 Å². The van der Waals surface area contributed by atoms with Crippen molar-refractivity contribution >= 4 is 6.41 Å². The monoisotopic (exact) mass is 345 g/mol. The van der Waals surface area contributed by atoms with Gasteiger partial charge in [-0.1, -0.05) is 26.0 Å². The average Bonchev–Trinajstić information content (AvgIpc) is 2.92. The summed E-state index contributed by atoms with van der Waals surface area (Å²) in [4.78, 5) is 10.5. The molecule has 0 aromatic carbocycles. The third-order valence-electron chi connectivity index (χ3n) is 8.98. The lowest BCUT2D eigenvalue weighted by molar-refractivity contribution is -0.130. The number of carbonyl (C=O) groups excluding carboxylic acids is 1. The van der Waals surface area contributed by atoms with Crippen molar-refractivity contribution in [2.24, 2.45) is 34.5 Å². The molecule has 0 aromatic rings. The number of allylic oxidation sites excluding steroid dienone is 1. The summed E-state index contributed by atoms with van der Waals surface area (Å²) in [5.41, 5.74) is 2.36. The van der Waals surface area contributed by atoms with Gasteiger partial charge in [-0.3, -0.25) is 4.79 Å². The van der Waals surface area contributed by atoms with Crippen molar-refractivity contribution in [3.05, 3.63) is 12.2 Å². The van der Waals surface area contributed by atoms with E-state index in [1.807, 2.05) is 0 Å². The quantitative estimate of drug-likeness (QED) is 0.348. The maximum Gasteiger partial charge on any atom is 0.208 e. The van der Waals surface area contributed by atoms with Crippen molar-refractivity contribution in [3.63, 3.8) is 0 Å². The first-order chi connectivity index (χ1) is 12.0. The van der Waals surface area contributed by atoms with E-state index in [-0.39, 0.29) is 0 Å². The van der Waals surface area contributed by atoms with Gasteiger partial charge in [-0.05, 0) is 92.3 Å². The Bertz CT molecular complexity index is 546. The van der Waals surface area contributed by atoms with Crippen molar-refractivity contribution in [3.8, 4) is 0 Å². The van der Waals surface area contributed by atoms with Crippen LogP contribution in [0.4, 0.5) is 0 Å². The molecule has 140 valence electrons. The van der Waals surface area contributed by atoms with Crippen LogP contribution < -0.4 is 5.32 Å². The van der Waals surface area contributed by atoms with Gasteiger partial charge in [0.05, 0.1) is 6.10 Å². The van der Waals surface area contributed by atoms with Crippen molar-refractivity contribution < 1.29 is 9.53 Å². The van der Waals surface area contributed by atoms with Gasteiger partial charge >= 0.3 is 0 Å². The Hall–Kier alpha value is -0.830. The average molecular weight is 346 g/mol. The molecule has 1 amide bonds. The van der Waals surface area contributed by atoms with E-state index < -0.39 is 0 Å². The van der Waals surface area contributed by atoms with Gasteiger partial charge in [-0.25, -0.2) is 0 Å². The summed E-state index contributed by atoms with van der Waals surface area (Å²) in [5.74, 6) is 3.49. The zero-order valence-corrected chi connectivity index (χ0v) is 16.1. The lowest BCUT2D eigenvalue weighted by Crippen LogP contribution is -2.53. The third kappa shape index (κ3) is 2.69. The fourth-order valence-electron chi connectivity index (χ4n) is 7.56. The first-order valence-corrected chi connectivity index (χ1v) is 10.4. The Kier molecular flexibility index (Phi) is 4.50. The second-order valence-electron chi connectivity index (χ2n) is 9.85. The van der Waals surface area contributed by atoms with Gasteiger partial charge in [0, 0.05) is 0 Å². The molecule has 1 N–H and O–H groups in total.